The van der Waals surface area contributed by atoms with Crippen molar-refractivity contribution in [2.24, 2.45) is 0 Å². The predicted molar refractivity (Wildman–Crippen MR) is 132 cm³/mol. The van der Waals surface area contributed by atoms with Crippen LogP contribution in [-0.4, -0.2) is 35.4 Å². The largest absolute Gasteiger partial charge is 0.483 e. The summed E-state index contributed by atoms with van der Waals surface area (Å²) < 4.78 is 6.65. The molecule has 32 heavy (non-hydrogen) atoms. The number of rotatable bonds is 8. The molecule has 0 fully saturated rings. The number of hydrogen-bond acceptors (Lipinski definition) is 3. The number of carbonyl (C=O) groups excluding carboxylic acids is 2. The van der Waals surface area contributed by atoms with Crippen LogP contribution in [0.1, 0.15) is 26.3 Å². The zero-order valence-electron chi connectivity index (χ0n) is 18.3. The molecule has 1 atom stereocenters. The van der Waals surface area contributed by atoms with Gasteiger partial charge in [-0.1, -0.05) is 54.1 Å². The first-order valence-corrected chi connectivity index (χ1v) is 11.6. The van der Waals surface area contributed by atoms with Crippen molar-refractivity contribution in [3.05, 3.63) is 75.7 Å². The van der Waals surface area contributed by atoms with Crippen molar-refractivity contribution in [2.75, 3.05) is 6.61 Å². The number of carbonyl (C=O) groups is 2. The maximum atomic E-state index is 13.2. The van der Waals surface area contributed by atoms with Gasteiger partial charge in [-0.2, -0.15) is 0 Å². The highest BCUT2D eigenvalue weighted by Gasteiger charge is 2.27. The van der Waals surface area contributed by atoms with Crippen LogP contribution in [0.3, 0.4) is 0 Å². The molecule has 0 unspecified atom stereocenters. The van der Waals surface area contributed by atoms with Crippen molar-refractivity contribution >= 4 is 50.1 Å². The van der Waals surface area contributed by atoms with Gasteiger partial charge < -0.3 is 15.0 Å². The number of amides is 2. The lowest BCUT2D eigenvalue weighted by atomic mass is 10.1. The second-order valence-electron chi connectivity index (χ2n) is 7.88. The van der Waals surface area contributed by atoms with E-state index in [1.165, 1.54) is 4.90 Å². The average molecular weight is 518 g/mol. The van der Waals surface area contributed by atoms with E-state index in [-0.39, 0.29) is 31.0 Å². The van der Waals surface area contributed by atoms with Crippen molar-refractivity contribution in [2.45, 2.75) is 39.4 Å². The zero-order valence-corrected chi connectivity index (χ0v) is 20.6. The van der Waals surface area contributed by atoms with Crippen molar-refractivity contribution < 1.29 is 14.3 Å². The number of nitrogens with one attached hydrogen (secondary N) is 1. The van der Waals surface area contributed by atoms with Gasteiger partial charge in [-0.3, -0.25) is 9.59 Å². The molecule has 5 nitrogen and oxygen atoms in total. The van der Waals surface area contributed by atoms with E-state index >= 15 is 0 Å². The van der Waals surface area contributed by atoms with Gasteiger partial charge in [-0.05, 0) is 71.2 Å². The van der Waals surface area contributed by atoms with Gasteiger partial charge in [0.15, 0.2) is 6.61 Å². The molecule has 0 aromatic heterocycles. The maximum absolute atomic E-state index is 13.2. The van der Waals surface area contributed by atoms with E-state index in [4.69, 9.17) is 16.3 Å². The summed E-state index contributed by atoms with van der Waals surface area (Å²) in [5.41, 5.74) is 0.835. The first-order chi connectivity index (χ1) is 15.3. The molecule has 0 aliphatic heterocycles. The van der Waals surface area contributed by atoms with Crippen molar-refractivity contribution in [3.8, 4) is 5.75 Å². The van der Waals surface area contributed by atoms with Crippen LogP contribution in [0.5, 0.6) is 5.75 Å². The Labute approximate surface area is 201 Å². The minimum Gasteiger partial charge on any atom is -0.483 e. The standard InChI is InChI=1S/C25H26BrClN2O3/c1-16(2)28-25(31)17(3)29(14-18-7-6-9-20(27)13-18)23(30)15-32-22-12-11-19-8-4-5-10-21(19)24(22)26/h4-13,16-17H,14-15H2,1-3H3,(H,28,31)/t17-/m0/s1. The van der Waals surface area contributed by atoms with Gasteiger partial charge in [0.05, 0.1) is 4.47 Å². The third-order valence-electron chi connectivity index (χ3n) is 5.02. The van der Waals surface area contributed by atoms with Crippen molar-refractivity contribution in [1.29, 1.82) is 0 Å². The number of halogens is 2. The number of hydrogen-bond donors (Lipinski definition) is 1. The summed E-state index contributed by atoms with van der Waals surface area (Å²) in [7, 11) is 0. The molecular weight excluding hydrogens is 492 g/mol. The fourth-order valence-electron chi connectivity index (χ4n) is 3.37. The molecular formula is C25H26BrClN2O3. The highest BCUT2D eigenvalue weighted by atomic mass is 79.9. The lowest BCUT2D eigenvalue weighted by Gasteiger charge is -2.29. The summed E-state index contributed by atoms with van der Waals surface area (Å²) in [4.78, 5) is 27.3. The van der Waals surface area contributed by atoms with Crippen molar-refractivity contribution in [3.63, 3.8) is 0 Å². The summed E-state index contributed by atoms with van der Waals surface area (Å²) in [5, 5.41) is 5.51. The second-order valence-corrected chi connectivity index (χ2v) is 9.11. The van der Waals surface area contributed by atoms with Crippen LogP contribution in [-0.2, 0) is 16.1 Å². The van der Waals surface area contributed by atoms with E-state index in [0.29, 0.717) is 10.8 Å². The summed E-state index contributed by atoms with van der Waals surface area (Å²) >= 11 is 9.69. The Bertz CT molecular complexity index is 1120. The lowest BCUT2D eigenvalue weighted by Crippen LogP contribution is -2.50. The highest BCUT2D eigenvalue weighted by molar-refractivity contribution is 9.10. The molecule has 3 aromatic rings. The van der Waals surface area contributed by atoms with E-state index < -0.39 is 6.04 Å². The fourth-order valence-corrected chi connectivity index (χ4v) is 4.19. The molecule has 7 heteroatoms. The molecule has 0 saturated carbocycles. The molecule has 0 spiro atoms. The van der Waals surface area contributed by atoms with Crippen LogP contribution in [0, 0.1) is 0 Å². The topological polar surface area (TPSA) is 58.6 Å². The zero-order chi connectivity index (χ0) is 23.3. The normalized spacial score (nSPS) is 11.9. The molecule has 0 radical (unpaired) electrons. The van der Waals surface area contributed by atoms with E-state index in [0.717, 1.165) is 20.8 Å². The van der Waals surface area contributed by atoms with Gasteiger partial charge in [0.1, 0.15) is 11.8 Å². The Morgan fingerprint density at radius 2 is 1.81 bits per heavy atom. The second kappa shape index (κ2) is 10.8. The van der Waals surface area contributed by atoms with Crippen LogP contribution in [0.25, 0.3) is 10.8 Å². The van der Waals surface area contributed by atoms with Crippen molar-refractivity contribution in [1.82, 2.24) is 10.2 Å². The predicted octanol–water partition coefficient (Wildman–Crippen LogP) is 5.58. The Balaban J connectivity index is 1.79. The van der Waals surface area contributed by atoms with Gasteiger partial charge >= 0.3 is 0 Å². The Kier molecular flexibility index (Phi) is 8.15. The van der Waals surface area contributed by atoms with Gasteiger partial charge in [0, 0.05) is 17.6 Å². The molecule has 3 aromatic carbocycles. The highest BCUT2D eigenvalue weighted by Crippen LogP contribution is 2.33. The van der Waals surface area contributed by atoms with Gasteiger partial charge in [-0.15, -0.1) is 0 Å². The number of ether oxygens (including phenoxy) is 1. The summed E-state index contributed by atoms with van der Waals surface area (Å²) in [6.07, 6.45) is 0. The third kappa shape index (κ3) is 6.02. The molecule has 0 aliphatic carbocycles. The van der Waals surface area contributed by atoms with Crippen LogP contribution in [0.4, 0.5) is 0 Å². The maximum Gasteiger partial charge on any atom is 0.261 e. The summed E-state index contributed by atoms with van der Waals surface area (Å²) in [6.45, 7) is 5.53. The number of nitrogens with zero attached hydrogens (tertiary/aromatic N) is 1. The first-order valence-electron chi connectivity index (χ1n) is 10.4. The molecule has 1 N–H and O–H groups in total. The SMILES string of the molecule is CC(C)NC(=O)[C@H](C)N(Cc1cccc(Cl)c1)C(=O)COc1ccc2ccccc2c1Br. The number of fused-ring (bicyclic) bond motifs is 1. The molecule has 0 saturated heterocycles. The smallest absolute Gasteiger partial charge is 0.261 e. The Hall–Kier alpha value is -2.57. The first kappa shape index (κ1) is 24.1. The van der Waals surface area contributed by atoms with E-state index in [1.807, 2.05) is 62.4 Å². The van der Waals surface area contributed by atoms with Gasteiger partial charge in [0.25, 0.3) is 5.91 Å². The van der Waals surface area contributed by atoms with Gasteiger partial charge in [-0.25, -0.2) is 0 Å². The van der Waals surface area contributed by atoms with Gasteiger partial charge in [0.2, 0.25) is 5.91 Å². The molecule has 0 aliphatic rings. The third-order valence-corrected chi connectivity index (χ3v) is 6.07. The molecule has 0 heterocycles. The summed E-state index contributed by atoms with van der Waals surface area (Å²) in [5.74, 6) is 0.0535. The Morgan fingerprint density at radius 3 is 2.53 bits per heavy atom. The lowest BCUT2D eigenvalue weighted by molar-refractivity contribution is -0.142. The Morgan fingerprint density at radius 1 is 1.06 bits per heavy atom. The van der Waals surface area contributed by atoms with E-state index in [2.05, 4.69) is 21.2 Å². The minimum absolute atomic E-state index is 0.0297. The summed E-state index contributed by atoms with van der Waals surface area (Å²) in [6, 6.07) is 18.2. The molecule has 2 amide bonds. The van der Waals surface area contributed by atoms with Crippen LogP contribution >= 0.6 is 27.5 Å². The molecule has 3 rings (SSSR count). The molecule has 0 bridgehead atoms. The minimum atomic E-state index is -0.674. The fraction of sp³-hybridized carbons (Fsp3) is 0.280. The molecule has 168 valence electrons. The van der Waals surface area contributed by atoms with Crippen LogP contribution in [0.15, 0.2) is 65.1 Å². The van der Waals surface area contributed by atoms with Crippen LogP contribution in [0.2, 0.25) is 5.02 Å². The quantitative estimate of drug-likeness (QED) is 0.425. The van der Waals surface area contributed by atoms with Crippen LogP contribution < -0.4 is 10.1 Å². The monoisotopic (exact) mass is 516 g/mol. The van der Waals surface area contributed by atoms with E-state index in [9.17, 15) is 9.59 Å². The number of benzene rings is 3. The van der Waals surface area contributed by atoms with E-state index in [1.54, 1.807) is 19.1 Å². The average Bonchev–Trinajstić information content (AvgIpc) is 2.76.